The van der Waals surface area contributed by atoms with Crippen molar-refractivity contribution in [3.05, 3.63) is 83.7 Å². The first-order chi connectivity index (χ1) is 10.8. The molecule has 1 heterocycles. The Morgan fingerprint density at radius 3 is 2.68 bits per heavy atom. The number of nitrogens with zero attached hydrogens (tertiary/aromatic N) is 1. The highest BCUT2D eigenvalue weighted by molar-refractivity contribution is 6.05. The molecular weight excluding hydrogens is 272 g/mol. The number of hydrogen-bond donors (Lipinski definition) is 1. The summed E-state index contributed by atoms with van der Waals surface area (Å²) in [6.07, 6.45) is 4.26. The van der Waals surface area contributed by atoms with Gasteiger partial charge >= 0.3 is 0 Å². The number of nitrogens with one attached hydrogen (secondary N) is 1. The van der Waals surface area contributed by atoms with Gasteiger partial charge in [-0.2, -0.15) is 0 Å². The molecule has 1 amide bonds. The van der Waals surface area contributed by atoms with Crippen LogP contribution in [0.25, 0.3) is 11.1 Å². The number of aromatic nitrogens is 1. The number of hydrogen-bond acceptors (Lipinski definition) is 2. The predicted molar refractivity (Wildman–Crippen MR) is 86.9 cm³/mol. The highest BCUT2D eigenvalue weighted by Crippen LogP contribution is 2.36. The number of fused-ring (bicyclic) bond motifs is 3. The quantitative estimate of drug-likeness (QED) is 0.607. The van der Waals surface area contributed by atoms with E-state index in [4.69, 9.17) is 0 Å². The molecule has 1 N–H and O–H groups in total. The van der Waals surface area contributed by atoms with Crippen LogP contribution < -0.4 is 5.32 Å². The Morgan fingerprint density at radius 1 is 0.955 bits per heavy atom. The first-order valence-electron chi connectivity index (χ1n) is 7.24. The number of anilines is 1. The lowest BCUT2D eigenvalue weighted by Crippen LogP contribution is -2.12. The van der Waals surface area contributed by atoms with Gasteiger partial charge in [0.05, 0.1) is 11.9 Å². The Kier molecular flexibility index (Phi) is 2.97. The Hall–Kier alpha value is -2.94. The van der Waals surface area contributed by atoms with Crippen LogP contribution in [0, 0.1) is 0 Å². The first-order valence-corrected chi connectivity index (χ1v) is 7.24. The SMILES string of the molecule is O=C(Nc1cccnc1)c1ccc2c(c1)-c1ccccc1C2. The molecule has 1 aliphatic carbocycles. The molecule has 4 rings (SSSR count). The largest absolute Gasteiger partial charge is 0.321 e. The van der Waals surface area contributed by atoms with Gasteiger partial charge in [0.15, 0.2) is 0 Å². The van der Waals surface area contributed by atoms with E-state index in [1.54, 1.807) is 18.5 Å². The fourth-order valence-corrected chi connectivity index (χ4v) is 2.90. The van der Waals surface area contributed by atoms with Gasteiger partial charge in [-0.05, 0) is 52.9 Å². The molecule has 0 radical (unpaired) electrons. The molecule has 0 fully saturated rings. The fraction of sp³-hybridized carbons (Fsp3) is 0.0526. The van der Waals surface area contributed by atoms with E-state index < -0.39 is 0 Å². The molecule has 22 heavy (non-hydrogen) atoms. The van der Waals surface area contributed by atoms with Crippen LogP contribution in [-0.4, -0.2) is 10.9 Å². The number of carbonyl (C=O) groups is 1. The maximum absolute atomic E-state index is 12.4. The van der Waals surface area contributed by atoms with E-state index in [0.29, 0.717) is 11.3 Å². The summed E-state index contributed by atoms with van der Waals surface area (Å²) >= 11 is 0. The van der Waals surface area contributed by atoms with E-state index in [1.165, 1.54) is 16.7 Å². The number of carbonyl (C=O) groups excluding carboxylic acids is 1. The van der Waals surface area contributed by atoms with Crippen LogP contribution in [0.3, 0.4) is 0 Å². The van der Waals surface area contributed by atoms with Crippen molar-refractivity contribution in [3.8, 4) is 11.1 Å². The summed E-state index contributed by atoms with van der Waals surface area (Å²) in [5.74, 6) is -0.111. The van der Waals surface area contributed by atoms with Crippen molar-refractivity contribution in [2.45, 2.75) is 6.42 Å². The standard InChI is InChI=1S/C19H14N2O/c22-19(21-16-5-3-9-20-12-16)15-8-7-14-10-13-4-1-2-6-17(13)18(14)11-15/h1-9,11-12H,10H2,(H,21,22). The molecule has 3 heteroatoms. The molecule has 2 aromatic carbocycles. The van der Waals surface area contributed by atoms with Gasteiger partial charge in [-0.15, -0.1) is 0 Å². The minimum absolute atomic E-state index is 0.111. The molecule has 3 nitrogen and oxygen atoms in total. The lowest BCUT2D eigenvalue weighted by atomic mass is 10.0. The molecule has 0 bridgehead atoms. The fourth-order valence-electron chi connectivity index (χ4n) is 2.90. The predicted octanol–water partition coefficient (Wildman–Crippen LogP) is 3.91. The molecular formula is C19H14N2O. The zero-order valence-corrected chi connectivity index (χ0v) is 11.9. The number of benzene rings is 2. The van der Waals surface area contributed by atoms with Gasteiger partial charge in [0.2, 0.25) is 0 Å². The van der Waals surface area contributed by atoms with E-state index >= 15 is 0 Å². The zero-order chi connectivity index (χ0) is 14.9. The van der Waals surface area contributed by atoms with Crippen LogP contribution in [-0.2, 0) is 6.42 Å². The van der Waals surface area contributed by atoms with E-state index in [2.05, 4.69) is 28.5 Å². The van der Waals surface area contributed by atoms with Gasteiger partial charge in [-0.1, -0.05) is 30.3 Å². The van der Waals surface area contributed by atoms with Gasteiger partial charge in [0.1, 0.15) is 0 Å². The summed E-state index contributed by atoms with van der Waals surface area (Å²) in [6.45, 7) is 0. The molecule has 0 saturated carbocycles. The third-order valence-corrected chi connectivity index (χ3v) is 3.98. The number of rotatable bonds is 2. The molecule has 1 aliphatic rings. The van der Waals surface area contributed by atoms with E-state index in [1.807, 2.05) is 30.3 Å². The lowest BCUT2D eigenvalue weighted by molar-refractivity contribution is 0.102. The van der Waals surface area contributed by atoms with Crippen molar-refractivity contribution in [1.82, 2.24) is 4.98 Å². The first kappa shape index (κ1) is 12.8. The topological polar surface area (TPSA) is 42.0 Å². The Morgan fingerprint density at radius 2 is 1.82 bits per heavy atom. The summed E-state index contributed by atoms with van der Waals surface area (Å²) in [4.78, 5) is 16.4. The molecule has 0 aliphatic heterocycles. The van der Waals surface area contributed by atoms with Crippen LogP contribution in [0.4, 0.5) is 5.69 Å². The molecule has 1 aromatic heterocycles. The minimum atomic E-state index is -0.111. The maximum atomic E-state index is 12.4. The van der Waals surface area contributed by atoms with Crippen LogP contribution in [0.5, 0.6) is 0 Å². The summed E-state index contributed by atoms with van der Waals surface area (Å²) < 4.78 is 0. The third-order valence-electron chi connectivity index (χ3n) is 3.98. The molecule has 0 atom stereocenters. The van der Waals surface area contributed by atoms with Crippen molar-refractivity contribution >= 4 is 11.6 Å². The van der Waals surface area contributed by atoms with Gasteiger partial charge in [-0.3, -0.25) is 9.78 Å². The van der Waals surface area contributed by atoms with Crippen LogP contribution in [0.2, 0.25) is 0 Å². The monoisotopic (exact) mass is 286 g/mol. The van der Waals surface area contributed by atoms with Crippen molar-refractivity contribution < 1.29 is 4.79 Å². The minimum Gasteiger partial charge on any atom is -0.321 e. The molecule has 106 valence electrons. The van der Waals surface area contributed by atoms with E-state index in [-0.39, 0.29) is 5.91 Å². The average molecular weight is 286 g/mol. The highest BCUT2D eigenvalue weighted by atomic mass is 16.1. The second kappa shape index (κ2) is 5.11. The number of pyridine rings is 1. The van der Waals surface area contributed by atoms with E-state index in [0.717, 1.165) is 12.0 Å². The summed E-state index contributed by atoms with van der Waals surface area (Å²) in [6, 6.07) is 17.9. The average Bonchev–Trinajstić information content (AvgIpc) is 2.93. The van der Waals surface area contributed by atoms with Gasteiger partial charge in [-0.25, -0.2) is 0 Å². The van der Waals surface area contributed by atoms with Gasteiger partial charge in [0.25, 0.3) is 5.91 Å². The van der Waals surface area contributed by atoms with Crippen LogP contribution >= 0.6 is 0 Å². The smallest absolute Gasteiger partial charge is 0.255 e. The van der Waals surface area contributed by atoms with Crippen molar-refractivity contribution in [2.75, 3.05) is 5.32 Å². The molecule has 3 aromatic rings. The maximum Gasteiger partial charge on any atom is 0.255 e. The Bertz CT molecular complexity index is 856. The van der Waals surface area contributed by atoms with Crippen molar-refractivity contribution in [2.24, 2.45) is 0 Å². The van der Waals surface area contributed by atoms with E-state index in [9.17, 15) is 4.79 Å². The summed E-state index contributed by atoms with van der Waals surface area (Å²) in [5.41, 5.74) is 6.36. The van der Waals surface area contributed by atoms with Crippen molar-refractivity contribution in [1.29, 1.82) is 0 Å². The number of amides is 1. The molecule has 0 saturated heterocycles. The van der Waals surface area contributed by atoms with Crippen molar-refractivity contribution in [3.63, 3.8) is 0 Å². The summed E-state index contributed by atoms with van der Waals surface area (Å²) in [7, 11) is 0. The third kappa shape index (κ3) is 2.17. The second-order valence-corrected chi connectivity index (χ2v) is 5.40. The Balaban J connectivity index is 1.67. The normalized spacial score (nSPS) is 11.6. The lowest BCUT2D eigenvalue weighted by Gasteiger charge is -2.07. The highest BCUT2D eigenvalue weighted by Gasteiger charge is 2.19. The van der Waals surface area contributed by atoms with Gasteiger partial charge < -0.3 is 5.32 Å². The zero-order valence-electron chi connectivity index (χ0n) is 11.9. The van der Waals surface area contributed by atoms with Gasteiger partial charge in [0, 0.05) is 11.8 Å². The molecule has 0 spiro atoms. The van der Waals surface area contributed by atoms with Crippen LogP contribution in [0.1, 0.15) is 21.5 Å². The van der Waals surface area contributed by atoms with Crippen LogP contribution in [0.15, 0.2) is 67.0 Å². The Labute approximate surface area is 128 Å². The second-order valence-electron chi connectivity index (χ2n) is 5.40. The summed E-state index contributed by atoms with van der Waals surface area (Å²) in [5, 5.41) is 2.87. The molecule has 0 unspecified atom stereocenters.